The van der Waals surface area contributed by atoms with Gasteiger partial charge in [0.15, 0.2) is 0 Å². The van der Waals surface area contributed by atoms with Crippen LogP contribution in [0.1, 0.15) is 36.9 Å². The summed E-state index contributed by atoms with van der Waals surface area (Å²) in [5.41, 5.74) is 8.50. The number of aryl methyl sites for hydroxylation is 2. The van der Waals surface area contributed by atoms with E-state index in [0.717, 1.165) is 25.3 Å². The summed E-state index contributed by atoms with van der Waals surface area (Å²) < 4.78 is 0. The van der Waals surface area contributed by atoms with E-state index < -0.39 is 0 Å². The van der Waals surface area contributed by atoms with Crippen molar-refractivity contribution in [2.75, 3.05) is 18.0 Å². The highest BCUT2D eigenvalue weighted by molar-refractivity contribution is 5.44. The van der Waals surface area contributed by atoms with Crippen LogP contribution in [0.4, 0.5) is 5.82 Å². The van der Waals surface area contributed by atoms with Gasteiger partial charge in [-0.3, -0.25) is 0 Å². The van der Waals surface area contributed by atoms with Crippen LogP contribution < -0.4 is 10.6 Å². The quantitative estimate of drug-likeness (QED) is 0.860. The summed E-state index contributed by atoms with van der Waals surface area (Å²) in [5.74, 6) is 1.15. The van der Waals surface area contributed by atoms with E-state index >= 15 is 0 Å². The van der Waals surface area contributed by atoms with Crippen molar-refractivity contribution < 1.29 is 0 Å². The maximum Gasteiger partial charge on any atom is 0.129 e. The van der Waals surface area contributed by atoms with Crippen LogP contribution in [0.5, 0.6) is 0 Å². The van der Waals surface area contributed by atoms with Crippen LogP contribution in [0.3, 0.4) is 0 Å². The molecule has 0 amide bonds. The summed E-state index contributed by atoms with van der Waals surface area (Å²) in [4.78, 5) is 7.26. The molecule has 1 aromatic rings. The van der Waals surface area contributed by atoms with Crippen molar-refractivity contribution in [3.63, 3.8) is 0 Å². The summed E-state index contributed by atoms with van der Waals surface area (Å²) >= 11 is 0. The van der Waals surface area contributed by atoms with Gasteiger partial charge in [0, 0.05) is 24.8 Å². The third kappa shape index (κ3) is 2.04. The molecule has 2 aliphatic carbocycles. The summed E-state index contributed by atoms with van der Waals surface area (Å²) in [6.07, 6.45) is 7.60. The zero-order valence-corrected chi connectivity index (χ0v) is 10.4. The number of aromatic nitrogens is 1. The van der Waals surface area contributed by atoms with Crippen LogP contribution in [0.2, 0.25) is 0 Å². The topological polar surface area (TPSA) is 42.1 Å². The van der Waals surface area contributed by atoms with Gasteiger partial charge in [-0.05, 0) is 50.2 Å². The van der Waals surface area contributed by atoms with Gasteiger partial charge < -0.3 is 10.6 Å². The molecule has 0 bridgehead atoms. The van der Waals surface area contributed by atoms with Crippen LogP contribution in [-0.4, -0.2) is 24.1 Å². The Morgan fingerprint density at radius 3 is 2.82 bits per heavy atom. The molecule has 1 heterocycles. The average Bonchev–Trinajstić information content (AvgIpc) is 2.72. The molecule has 0 saturated heterocycles. The third-order valence-corrected chi connectivity index (χ3v) is 4.09. The normalized spacial score (nSPS) is 18.9. The minimum Gasteiger partial charge on any atom is -0.352 e. The second kappa shape index (κ2) is 4.65. The number of fused-ring (bicyclic) bond motifs is 1. The van der Waals surface area contributed by atoms with Crippen LogP contribution in [0.25, 0.3) is 0 Å². The molecule has 92 valence electrons. The molecule has 3 heteroatoms. The Labute approximate surface area is 103 Å². The maximum absolute atomic E-state index is 5.73. The van der Waals surface area contributed by atoms with Crippen LogP contribution in [-0.2, 0) is 12.8 Å². The van der Waals surface area contributed by atoms with E-state index in [1.807, 2.05) is 0 Å². The van der Waals surface area contributed by atoms with E-state index in [0.29, 0.717) is 6.04 Å². The van der Waals surface area contributed by atoms with Gasteiger partial charge in [0.05, 0.1) is 0 Å². The molecule has 2 N–H and O–H groups in total. The second-order valence-electron chi connectivity index (χ2n) is 5.20. The number of nitrogens with zero attached hydrogens (tertiary/aromatic N) is 2. The van der Waals surface area contributed by atoms with Crippen LogP contribution in [0, 0.1) is 0 Å². The van der Waals surface area contributed by atoms with Crippen molar-refractivity contribution in [3.05, 3.63) is 23.4 Å². The largest absolute Gasteiger partial charge is 0.352 e. The van der Waals surface area contributed by atoms with Crippen molar-refractivity contribution in [2.24, 2.45) is 5.73 Å². The molecule has 0 aromatic carbocycles. The number of rotatable bonds is 4. The van der Waals surface area contributed by atoms with Gasteiger partial charge in [-0.2, -0.15) is 0 Å². The minimum absolute atomic E-state index is 0.686. The van der Waals surface area contributed by atoms with Gasteiger partial charge in [0.2, 0.25) is 0 Å². The van der Waals surface area contributed by atoms with E-state index in [2.05, 4.69) is 17.0 Å². The summed E-state index contributed by atoms with van der Waals surface area (Å²) in [7, 11) is 0. The van der Waals surface area contributed by atoms with E-state index in [-0.39, 0.29) is 0 Å². The molecule has 17 heavy (non-hydrogen) atoms. The molecular weight excluding hydrogens is 210 g/mol. The molecule has 0 radical (unpaired) electrons. The fraction of sp³-hybridized carbons (Fsp3) is 0.643. The first-order valence-corrected chi connectivity index (χ1v) is 6.84. The highest BCUT2D eigenvalue weighted by Gasteiger charge is 2.26. The zero-order chi connectivity index (χ0) is 11.7. The zero-order valence-electron chi connectivity index (χ0n) is 10.4. The Morgan fingerprint density at radius 1 is 1.24 bits per heavy atom. The standard InChI is InChI=1S/C14H21N3/c15-9-10-17(12-4-2-5-12)14-8-7-11-3-1-6-13(11)16-14/h7-8,12H,1-6,9-10,15H2. The van der Waals surface area contributed by atoms with Gasteiger partial charge in [-0.15, -0.1) is 0 Å². The summed E-state index contributed by atoms with van der Waals surface area (Å²) in [6, 6.07) is 5.15. The molecule has 3 nitrogen and oxygen atoms in total. The first kappa shape index (κ1) is 11.0. The van der Waals surface area contributed by atoms with Crippen molar-refractivity contribution in [1.82, 2.24) is 4.98 Å². The average molecular weight is 231 g/mol. The lowest BCUT2D eigenvalue weighted by atomic mass is 9.91. The molecule has 2 aliphatic rings. The van der Waals surface area contributed by atoms with Gasteiger partial charge in [-0.25, -0.2) is 4.98 Å². The van der Waals surface area contributed by atoms with Gasteiger partial charge in [-0.1, -0.05) is 6.07 Å². The molecule has 1 fully saturated rings. The fourth-order valence-corrected chi connectivity index (χ4v) is 2.89. The molecular formula is C14H21N3. The molecule has 0 aliphatic heterocycles. The predicted octanol–water partition coefficient (Wildman–Crippen LogP) is 1.89. The predicted molar refractivity (Wildman–Crippen MR) is 70.3 cm³/mol. The number of nitrogens with two attached hydrogens (primary N) is 1. The smallest absolute Gasteiger partial charge is 0.129 e. The van der Waals surface area contributed by atoms with Crippen LogP contribution >= 0.6 is 0 Å². The number of anilines is 1. The number of pyridine rings is 1. The van der Waals surface area contributed by atoms with Gasteiger partial charge in [0.1, 0.15) is 5.82 Å². The van der Waals surface area contributed by atoms with E-state index in [4.69, 9.17) is 10.7 Å². The molecule has 1 aromatic heterocycles. The monoisotopic (exact) mass is 231 g/mol. The molecule has 3 rings (SSSR count). The minimum atomic E-state index is 0.686. The van der Waals surface area contributed by atoms with E-state index in [1.165, 1.54) is 43.4 Å². The first-order chi connectivity index (χ1) is 8.38. The van der Waals surface area contributed by atoms with Gasteiger partial charge >= 0.3 is 0 Å². The fourth-order valence-electron chi connectivity index (χ4n) is 2.89. The third-order valence-electron chi connectivity index (χ3n) is 4.09. The molecule has 0 unspecified atom stereocenters. The lowest BCUT2D eigenvalue weighted by molar-refractivity contribution is 0.386. The Bertz CT molecular complexity index is 398. The highest BCUT2D eigenvalue weighted by Crippen LogP contribution is 2.30. The summed E-state index contributed by atoms with van der Waals surface area (Å²) in [5, 5.41) is 0. The summed E-state index contributed by atoms with van der Waals surface area (Å²) in [6.45, 7) is 1.66. The lowest BCUT2D eigenvalue weighted by Crippen LogP contribution is -2.43. The first-order valence-electron chi connectivity index (χ1n) is 6.84. The Hall–Kier alpha value is -1.09. The molecule has 0 spiro atoms. The highest BCUT2D eigenvalue weighted by atomic mass is 15.2. The van der Waals surface area contributed by atoms with Crippen molar-refractivity contribution >= 4 is 5.82 Å². The Kier molecular flexibility index (Phi) is 3.02. The number of hydrogen-bond donors (Lipinski definition) is 1. The SMILES string of the molecule is NCCN(c1ccc2c(n1)CCC2)C1CCC1. The van der Waals surface area contributed by atoms with Gasteiger partial charge in [0.25, 0.3) is 0 Å². The lowest BCUT2D eigenvalue weighted by Gasteiger charge is -2.38. The molecule has 0 atom stereocenters. The Morgan fingerprint density at radius 2 is 2.12 bits per heavy atom. The van der Waals surface area contributed by atoms with Crippen molar-refractivity contribution in [1.29, 1.82) is 0 Å². The number of hydrogen-bond acceptors (Lipinski definition) is 3. The van der Waals surface area contributed by atoms with E-state index in [1.54, 1.807) is 0 Å². The van der Waals surface area contributed by atoms with Crippen LogP contribution in [0.15, 0.2) is 12.1 Å². The van der Waals surface area contributed by atoms with Crippen molar-refractivity contribution in [2.45, 2.75) is 44.6 Å². The second-order valence-corrected chi connectivity index (χ2v) is 5.20. The Balaban J connectivity index is 1.84. The maximum atomic E-state index is 5.73. The molecule has 1 saturated carbocycles. The van der Waals surface area contributed by atoms with Crippen molar-refractivity contribution in [3.8, 4) is 0 Å². The van der Waals surface area contributed by atoms with E-state index in [9.17, 15) is 0 Å².